The van der Waals surface area contributed by atoms with Gasteiger partial charge in [0.1, 0.15) is 0 Å². The van der Waals surface area contributed by atoms with Crippen molar-refractivity contribution in [2.75, 3.05) is 6.54 Å². The number of aromatic nitrogens is 2. The molecule has 0 aliphatic heterocycles. The number of hydrogen-bond donors (Lipinski definition) is 2. The fourth-order valence-electron chi connectivity index (χ4n) is 1.50. The fourth-order valence-corrected chi connectivity index (χ4v) is 1.78. The Balaban J connectivity index is 2.55. The van der Waals surface area contributed by atoms with E-state index in [2.05, 4.69) is 36.5 Å². The van der Waals surface area contributed by atoms with E-state index in [1.807, 2.05) is 17.9 Å². The standard InChI is InChI=1S/C11H20N4S/c1-5-6-12-11(16)14-8(2)10-7-13-15(4)9(10)3/h7-8H,5-6H2,1-4H3,(H2,12,14,16). The molecule has 0 aliphatic rings. The molecule has 1 aromatic heterocycles. The van der Waals surface area contributed by atoms with Gasteiger partial charge in [-0.3, -0.25) is 4.68 Å². The Kier molecular flexibility index (Phi) is 4.73. The number of rotatable bonds is 4. The predicted octanol–water partition coefficient (Wildman–Crippen LogP) is 1.66. The molecule has 0 saturated heterocycles. The molecule has 1 atom stereocenters. The van der Waals surface area contributed by atoms with Crippen LogP contribution in [0.15, 0.2) is 6.20 Å². The number of thiocarbonyl (C=S) groups is 1. The van der Waals surface area contributed by atoms with Gasteiger partial charge in [-0.2, -0.15) is 5.10 Å². The van der Waals surface area contributed by atoms with E-state index in [0.29, 0.717) is 5.11 Å². The summed E-state index contributed by atoms with van der Waals surface area (Å²) < 4.78 is 1.87. The molecule has 0 spiro atoms. The molecule has 0 aromatic carbocycles. The molecule has 0 radical (unpaired) electrons. The molecule has 0 bridgehead atoms. The van der Waals surface area contributed by atoms with E-state index in [1.54, 1.807) is 0 Å². The zero-order valence-corrected chi connectivity index (χ0v) is 11.2. The van der Waals surface area contributed by atoms with Crippen molar-refractivity contribution in [1.82, 2.24) is 20.4 Å². The molecule has 1 aromatic rings. The summed E-state index contributed by atoms with van der Waals surface area (Å²) in [6.45, 7) is 7.17. The van der Waals surface area contributed by atoms with Crippen LogP contribution in [-0.2, 0) is 7.05 Å². The highest BCUT2D eigenvalue weighted by Crippen LogP contribution is 2.15. The van der Waals surface area contributed by atoms with Crippen LogP contribution < -0.4 is 10.6 Å². The summed E-state index contributed by atoms with van der Waals surface area (Å²) in [6, 6.07) is 0.186. The monoisotopic (exact) mass is 240 g/mol. The normalized spacial score (nSPS) is 12.2. The maximum absolute atomic E-state index is 5.20. The summed E-state index contributed by atoms with van der Waals surface area (Å²) in [7, 11) is 1.94. The first kappa shape index (κ1) is 13.0. The second-order valence-corrected chi connectivity index (χ2v) is 4.34. The van der Waals surface area contributed by atoms with Crippen molar-refractivity contribution in [3.8, 4) is 0 Å². The zero-order valence-electron chi connectivity index (χ0n) is 10.4. The van der Waals surface area contributed by atoms with Gasteiger partial charge in [0.25, 0.3) is 0 Å². The van der Waals surface area contributed by atoms with Gasteiger partial charge in [-0.15, -0.1) is 0 Å². The van der Waals surface area contributed by atoms with Crippen LogP contribution in [0.25, 0.3) is 0 Å². The third-order valence-electron chi connectivity index (χ3n) is 2.62. The number of nitrogens with zero attached hydrogens (tertiary/aromatic N) is 2. The van der Waals surface area contributed by atoms with Gasteiger partial charge < -0.3 is 10.6 Å². The van der Waals surface area contributed by atoms with Crippen LogP contribution in [0.3, 0.4) is 0 Å². The van der Waals surface area contributed by atoms with Gasteiger partial charge >= 0.3 is 0 Å². The molecule has 1 heterocycles. The number of hydrogen-bond acceptors (Lipinski definition) is 2. The smallest absolute Gasteiger partial charge is 0.166 e. The lowest BCUT2D eigenvalue weighted by Crippen LogP contribution is -2.37. The maximum Gasteiger partial charge on any atom is 0.166 e. The minimum atomic E-state index is 0.186. The molecule has 1 unspecified atom stereocenters. The minimum Gasteiger partial charge on any atom is -0.363 e. The number of aryl methyl sites for hydroxylation is 1. The molecule has 0 amide bonds. The van der Waals surface area contributed by atoms with E-state index in [4.69, 9.17) is 12.2 Å². The molecule has 0 aliphatic carbocycles. The molecule has 2 N–H and O–H groups in total. The van der Waals surface area contributed by atoms with Crippen LogP contribution in [0.1, 0.15) is 37.6 Å². The highest BCUT2D eigenvalue weighted by atomic mass is 32.1. The van der Waals surface area contributed by atoms with Gasteiger partial charge in [0.15, 0.2) is 5.11 Å². The van der Waals surface area contributed by atoms with Gasteiger partial charge in [-0.05, 0) is 32.5 Å². The van der Waals surface area contributed by atoms with Crippen LogP contribution in [0.5, 0.6) is 0 Å². The van der Waals surface area contributed by atoms with Crippen molar-refractivity contribution in [1.29, 1.82) is 0 Å². The maximum atomic E-state index is 5.20. The molecule has 90 valence electrons. The van der Waals surface area contributed by atoms with Crippen LogP contribution in [0.2, 0.25) is 0 Å². The minimum absolute atomic E-state index is 0.186. The molecular formula is C11H20N4S. The lowest BCUT2D eigenvalue weighted by Gasteiger charge is -2.16. The van der Waals surface area contributed by atoms with Gasteiger partial charge in [0.2, 0.25) is 0 Å². The van der Waals surface area contributed by atoms with E-state index in [1.165, 1.54) is 11.3 Å². The van der Waals surface area contributed by atoms with Crippen molar-refractivity contribution in [2.45, 2.75) is 33.2 Å². The first-order valence-electron chi connectivity index (χ1n) is 5.59. The molecule has 16 heavy (non-hydrogen) atoms. The lowest BCUT2D eigenvalue weighted by molar-refractivity contribution is 0.682. The second kappa shape index (κ2) is 5.84. The van der Waals surface area contributed by atoms with Crippen LogP contribution >= 0.6 is 12.2 Å². The van der Waals surface area contributed by atoms with E-state index in [-0.39, 0.29) is 6.04 Å². The zero-order chi connectivity index (χ0) is 12.1. The van der Waals surface area contributed by atoms with Gasteiger partial charge in [-0.25, -0.2) is 0 Å². The third-order valence-corrected chi connectivity index (χ3v) is 2.89. The summed E-state index contributed by atoms with van der Waals surface area (Å²) in [4.78, 5) is 0. The average molecular weight is 240 g/mol. The Morgan fingerprint density at radius 1 is 1.62 bits per heavy atom. The van der Waals surface area contributed by atoms with Crippen molar-refractivity contribution < 1.29 is 0 Å². The average Bonchev–Trinajstić information content (AvgIpc) is 2.57. The largest absolute Gasteiger partial charge is 0.363 e. The van der Waals surface area contributed by atoms with Gasteiger partial charge in [-0.1, -0.05) is 6.92 Å². The third kappa shape index (κ3) is 3.20. The van der Waals surface area contributed by atoms with Crippen molar-refractivity contribution in [2.24, 2.45) is 7.05 Å². The molecule has 1 rings (SSSR count). The van der Waals surface area contributed by atoms with E-state index >= 15 is 0 Å². The van der Waals surface area contributed by atoms with E-state index in [0.717, 1.165) is 13.0 Å². The van der Waals surface area contributed by atoms with Gasteiger partial charge in [0.05, 0.1) is 12.2 Å². The summed E-state index contributed by atoms with van der Waals surface area (Å²) in [5.74, 6) is 0. The Hall–Kier alpha value is -1.10. The fraction of sp³-hybridized carbons (Fsp3) is 0.636. The lowest BCUT2D eigenvalue weighted by atomic mass is 10.1. The first-order valence-corrected chi connectivity index (χ1v) is 6.00. The second-order valence-electron chi connectivity index (χ2n) is 3.93. The molecule has 4 nitrogen and oxygen atoms in total. The topological polar surface area (TPSA) is 41.9 Å². The Morgan fingerprint density at radius 2 is 2.31 bits per heavy atom. The van der Waals surface area contributed by atoms with Crippen LogP contribution in [0.4, 0.5) is 0 Å². The van der Waals surface area contributed by atoms with Crippen molar-refractivity contribution >= 4 is 17.3 Å². The number of nitrogens with one attached hydrogen (secondary N) is 2. The Bertz CT molecular complexity index is 359. The van der Waals surface area contributed by atoms with E-state index in [9.17, 15) is 0 Å². The van der Waals surface area contributed by atoms with E-state index < -0.39 is 0 Å². The SMILES string of the molecule is CCCNC(=S)NC(C)c1cnn(C)c1C. The van der Waals surface area contributed by atoms with Crippen molar-refractivity contribution in [3.05, 3.63) is 17.5 Å². The summed E-state index contributed by atoms with van der Waals surface area (Å²) in [5.41, 5.74) is 2.35. The van der Waals surface area contributed by atoms with Crippen molar-refractivity contribution in [3.63, 3.8) is 0 Å². The predicted molar refractivity (Wildman–Crippen MR) is 70.4 cm³/mol. The first-order chi connectivity index (χ1) is 7.56. The Labute approximate surface area is 102 Å². The molecular weight excluding hydrogens is 220 g/mol. The summed E-state index contributed by atoms with van der Waals surface area (Å²) >= 11 is 5.20. The quantitative estimate of drug-likeness (QED) is 0.786. The van der Waals surface area contributed by atoms with Crippen LogP contribution in [-0.4, -0.2) is 21.4 Å². The van der Waals surface area contributed by atoms with Gasteiger partial charge in [0, 0.05) is 24.8 Å². The van der Waals surface area contributed by atoms with Crippen LogP contribution in [0, 0.1) is 6.92 Å². The summed E-state index contributed by atoms with van der Waals surface area (Å²) in [5, 5.41) is 11.3. The molecule has 0 fully saturated rings. The summed E-state index contributed by atoms with van der Waals surface area (Å²) in [6.07, 6.45) is 2.96. The molecule has 5 heteroatoms. The molecule has 0 saturated carbocycles. The highest BCUT2D eigenvalue weighted by Gasteiger charge is 2.12. The Morgan fingerprint density at radius 3 is 2.81 bits per heavy atom. The highest BCUT2D eigenvalue weighted by molar-refractivity contribution is 7.80.